The molecule has 0 unspecified atom stereocenters. The Morgan fingerprint density at radius 1 is 1.18 bits per heavy atom. The topological polar surface area (TPSA) is 60.3 Å². The lowest BCUT2D eigenvalue weighted by molar-refractivity contribution is 0.155. The summed E-state index contributed by atoms with van der Waals surface area (Å²) in [4.78, 5) is 18.3. The quantitative estimate of drug-likeness (QED) is 0.592. The van der Waals surface area contributed by atoms with Crippen LogP contribution in [0.1, 0.15) is 25.1 Å². The molecule has 0 spiro atoms. The fraction of sp³-hybridized carbons (Fsp3) is 0.286. The number of aromatic nitrogens is 3. The lowest BCUT2D eigenvalue weighted by Gasteiger charge is -2.20. The molecule has 0 radical (unpaired) electrons. The molecule has 2 heterocycles. The van der Waals surface area contributed by atoms with E-state index in [1.165, 1.54) is 5.56 Å². The molecular weight excluding hydrogens is 420 g/mol. The van der Waals surface area contributed by atoms with E-state index in [1.54, 1.807) is 17.3 Å². The van der Waals surface area contributed by atoms with E-state index in [0.29, 0.717) is 19.0 Å². The van der Waals surface area contributed by atoms with Crippen LogP contribution in [0, 0.1) is 0 Å². The summed E-state index contributed by atoms with van der Waals surface area (Å²) in [6.07, 6.45) is 4.81. The maximum absolute atomic E-state index is 12.6. The van der Waals surface area contributed by atoms with Crippen LogP contribution in [0.4, 0.5) is 4.79 Å². The van der Waals surface area contributed by atoms with Gasteiger partial charge in [-0.25, -0.2) is 9.48 Å². The predicted octanol–water partition coefficient (Wildman–Crippen LogP) is 4.64. The van der Waals surface area contributed by atoms with Crippen molar-refractivity contribution in [2.24, 2.45) is 0 Å². The van der Waals surface area contributed by atoms with Crippen molar-refractivity contribution in [1.29, 1.82) is 0 Å². The van der Waals surface area contributed by atoms with E-state index in [-0.39, 0.29) is 6.09 Å². The Morgan fingerprint density at radius 3 is 2.64 bits per heavy atom. The summed E-state index contributed by atoms with van der Waals surface area (Å²) in [5, 5.41) is 4.68. The maximum atomic E-state index is 12.6. The highest BCUT2D eigenvalue weighted by molar-refractivity contribution is 9.10. The third-order valence-electron chi connectivity index (χ3n) is 5.03. The van der Waals surface area contributed by atoms with Crippen LogP contribution >= 0.6 is 15.9 Å². The molecule has 1 aliphatic rings. The second-order valence-electron chi connectivity index (χ2n) is 6.59. The van der Waals surface area contributed by atoms with Crippen molar-refractivity contribution in [3.05, 3.63) is 58.5 Å². The van der Waals surface area contributed by atoms with Crippen molar-refractivity contribution in [2.45, 2.75) is 26.7 Å². The zero-order valence-corrected chi connectivity index (χ0v) is 17.4. The van der Waals surface area contributed by atoms with Gasteiger partial charge in [0.2, 0.25) is 0 Å². The Morgan fingerprint density at radius 2 is 1.93 bits per heavy atom. The van der Waals surface area contributed by atoms with Crippen molar-refractivity contribution >= 4 is 22.0 Å². The van der Waals surface area contributed by atoms with Crippen LogP contribution < -0.4 is 4.74 Å². The lowest BCUT2D eigenvalue weighted by atomic mass is 9.89. The fourth-order valence-corrected chi connectivity index (χ4v) is 4.01. The first-order valence-electron chi connectivity index (χ1n) is 9.40. The number of aryl methyl sites for hydroxylation is 1. The van der Waals surface area contributed by atoms with Gasteiger partial charge in [-0.3, -0.25) is 4.98 Å². The standard InChI is InChI=1S/C21H21BrN4O2/c1-3-25(4-2)21(27)28-20-19-17-7-6-15(22)13-14(17)5-8-18(19)26(24-20)16-9-11-23-12-10-16/h6-7,9-13H,3-5,8H2,1-2H3. The molecule has 2 aromatic heterocycles. The largest absolute Gasteiger partial charge is 0.416 e. The Labute approximate surface area is 172 Å². The number of carbonyl (C=O) groups excluding carboxylic acids is 1. The summed E-state index contributed by atoms with van der Waals surface area (Å²) < 4.78 is 8.68. The smallest absolute Gasteiger partial charge is 0.389 e. The first kappa shape index (κ1) is 18.7. The third-order valence-corrected chi connectivity index (χ3v) is 5.52. The predicted molar refractivity (Wildman–Crippen MR) is 111 cm³/mol. The van der Waals surface area contributed by atoms with Gasteiger partial charge in [-0.05, 0) is 62.1 Å². The van der Waals surface area contributed by atoms with Crippen LogP contribution in [0.2, 0.25) is 0 Å². The van der Waals surface area contributed by atoms with Gasteiger partial charge < -0.3 is 9.64 Å². The first-order valence-corrected chi connectivity index (χ1v) is 10.2. The minimum Gasteiger partial charge on any atom is -0.389 e. The van der Waals surface area contributed by atoms with Gasteiger partial charge in [-0.2, -0.15) is 0 Å². The number of carbonyl (C=O) groups is 1. The number of ether oxygens (including phenoxy) is 1. The highest BCUT2D eigenvalue weighted by Crippen LogP contribution is 2.41. The van der Waals surface area contributed by atoms with Crippen LogP contribution in [0.5, 0.6) is 5.88 Å². The number of rotatable bonds is 4. The first-order chi connectivity index (χ1) is 13.6. The number of hydrogen-bond donors (Lipinski definition) is 0. The zero-order valence-electron chi connectivity index (χ0n) is 15.9. The molecule has 7 heteroatoms. The molecule has 0 bridgehead atoms. The SMILES string of the molecule is CCN(CC)C(=O)Oc1nn(-c2ccncc2)c2c1-c1ccc(Br)cc1CC2. The van der Waals surface area contributed by atoms with Gasteiger partial charge in [-0.15, -0.1) is 5.10 Å². The molecule has 0 N–H and O–H groups in total. The average Bonchev–Trinajstić information content (AvgIpc) is 3.08. The van der Waals surface area contributed by atoms with Crippen molar-refractivity contribution in [3.8, 4) is 22.7 Å². The highest BCUT2D eigenvalue weighted by atomic mass is 79.9. The van der Waals surface area contributed by atoms with Crippen LogP contribution in [0.3, 0.4) is 0 Å². The van der Waals surface area contributed by atoms with Crippen LogP contribution in [0.15, 0.2) is 47.2 Å². The van der Waals surface area contributed by atoms with Gasteiger partial charge in [0, 0.05) is 30.0 Å². The number of hydrogen-bond acceptors (Lipinski definition) is 4. The Balaban J connectivity index is 1.85. The van der Waals surface area contributed by atoms with Gasteiger partial charge in [0.25, 0.3) is 5.88 Å². The lowest BCUT2D eigenvalue weighted by Crippen LogP contribution is -2.33. The maximum Gasteiger partial charge on any atom is 0.416 e. The molecule has 144 valence electrons. The molecule has 0 saturated carbocycles. The van der Waals surface area contributed by atoms with E-state index in [0.717, 1.165) is 39.8 Å². The minimum absolute atomic E-state index is 0.354. The number of amides is 1. The summed E-state index contributed by atoms with van der Waals surface area (Å²) in [5.41, 5.74) is 5.12. The van der Waals surface area contributed by atoms with Crippen LogP contribution in [0.25, 0.3) is 16.8 Å². The van der Waals surface area contributed by atoms with E-state index in [2.05, 4.69) is 38.1 Å². The van der Waals surface area contributed by atoms with E-state index < -0.39 is 0 Å². The Kier molecular flexibility index (Phi) is 5.17. The molecule has 0 saturated heterocycles. The number of fused-ring (bicyclic) bond motifs is 3. The third kappa shape index (κ3) is 3.30. The molecular formula is C21H21BrN4O2. The Bertz CT molecular complexity index is 1010. The second kappa shape index (κ2) is 7.75. The number of pyridine rings is 1. The van der Waals surface area contributed by atoms with E-state index in [4.69, 9.17) is 4.74 Å². The molecule has 4 rings (SSSR count). The molecule has 28 heavy (non-hydrogen) atoms. The fourth-order valence-electron chi connectivity index (χ4n) is 3.60. The van der Waals surface area contributed by atoms with Crippen LogP contribution in [-0.4, -0.2) is 38.8 Å². The molecule has 0 fully saturated rings. The monoisotopic (exact) mass is 440 g/mol. The van der Waals surface area contributed by atoms with Crippen molar-refractivity contribution < 1.29 is 9.53 Å². The van der Waals surface area contributed by atoms with E-state index in [1.807, 2.05) is 36.7 Å². The summed E-state index contributed by atoms with van der Waals surface area (Å²) >= 11 is 3.55. The van der Waals surface area contributed by atoms with Crippen molar-refractivity contribution in [3.63, 3.8) is 0 Å². The summed E-state index contributed by atoms with van der Waals surface area (Å²) in [5.74, 6) is 0.354. The van der Waals surface area contributed by atoms with Gasteiger partial charge >= 0.3 is 6.09 Å². The molecule has 0 aliphatic heterocycles. The highest BCUT2D eigenvalue weighted by Gasteiger charge is 2.29. The average molecular weight is 441 g/mol. The molecule has 3 aromatic rings. The number of nitrogens with zero attached hydrogens (tertiary/aromatic N) is 4. The molecule has 1 aliphatic carbocycles. The zero-order chi connectivity index (χ0) is 19.7. The second-order valence-corrected chi connectivity index (χ2v) is 7.50. The molecule has 1 aromatic carbocycles. The number of benzene rings is 1. The van der Waals surface area contributed by atoms with Crippen molar-refractivity contribution in [1.82, 2.24) is 19.7 Å². The molecule has 1 amide bonds. The molecule has 0 atom stereocenters. The summed E-state index contributed by atoms with van der Waals surface area (Å²) in [6.45, 7) is 5.05. The van der Waals surface area contributed by atoms with Gasteiger partial charge in [-0.1, -0.05) is 22.0 Å². The van der Waals surface area contributed by atoms with Gasteiger partial charge in [0.1, 0.15) is 0 Å². The normalized spacial score (nSPS) is 12.2. The van der Waals surface area contributed by atoms with Crippen molar-refractivity contribution in [2.75, 3.05) is 13.1 Å². The Hall–Kier alpha value is -2.67. The number of halogens is 1. The summed E-state index contributed by atoms with van der Waals surface area (Å²) in [6, 6.07) is 10.00. The van der Waals surface area contributed by atoms with E-state index >= 15 is 0 Å². The van der Waals surface area contributed by atoms with Crippen LogP contribution in [-0.2, 0) is 12.8 Å². The summed E-state index contributed by atoms with van der Waals surface area (Å²) in [7, 11) is 0. The van der Waals surface area contributed by atoms with Gasteiger partial charge in [0.15, 0.2) is 0 Å². The molecule has 6 nitrogen and oxygen atoms in total. The minimum atomic E-state index is -0.378. The van der Waals surface area contributed by atoms with E-state index in [9.17, 15) is 4.79 Å². The van der Waals surface area contributed by atoms with Gasteiger partial charge in [0.05, 0.1) is 16.9 Å².